The Bertz CT molecular complexity index is 320. The lowest BCUT2D eigenvalue weighted by atomic mass is 9.74. The van der Waals surface area contributed by atoms with E-state index in [1.807, 2.05) is 6.07 Å². The molecule has 1 fully saturated rings. The molecule has 1 aliphatic carbocycles. The van der Waals surface area contributed by atoms with Crippen molar-refractivity contribution in [1.29, 1.82) is 0 Å². The van der Waals surface area contributed by atoms with Crippen LogP contribution < -0.4 is 5.32 Å². The van der Waals surface area contributed by atoms with Crippen molar-refractivity contribution in [3.8, 4) is 0 Å². The lowest BCUT2D eigenvalue weighted by Gasteiger charge is -2.36. The van der Waals surface area contributed by atoms with Crippen LogP contribution in [0.15, 0.2) is 22.8 Å². The molecule has 1 saturated carbocycles. The summed E-state index contributed by atoms with van der Waals surface area (Å²) in [7, 11) is 0. The molecule has 2 heteroatoms. The zero-order chi connectivity index (χ0) is 12.8. The van der Waals surface area contributed by atoms with Gasteiger partial charge in [0.1, 0.15) is 5.76 Å². The predicted molar refractivity (Wildman–Crippen MR) is 75.6 cm³/mol. The summed E-state index contributed by atoms with van der Waals surface area (Å²) in [6.07, 6.45) is 9.72. The molecule has 0 spiro atoms. The molecule has 0 amide bonds. The second-order valence-electron chi connectivity index (χ2n) is 5.68. The van der Waals surface area contributed by atoms with Crippen molar-refractivity contribution in [3.05, 3.63) is 24.2 Å². The molecule has 1 aromatic heterocycles. The minimum Gasteiger partial charge on any atom is -0.469 e. The maximum absolute atomic E-state index is 5.53. The predicted octanol–water partition coefficient (Wildman–Crippen LogP) is 4.02. The minimum atomic E-state index is 0.688. The molecule has 3 unspecified atom stereocenters. The monoisotopic (exact) mass is 249 g/mol. The summed E-state index contributed by atoms with van der Waals surface area (Å²) in [5.74, 6) is 2.84. The molecule has 18 heavy (non-hydrogen) atoms. The van der Waals surface area contributed by atoms with Gasteiger partial charge in [-0.2, -0.15) is 0 Å². The minimum absolute atomic E-state index is 0.688. The second-order valence-corrected chi connectivity index (χ2v) is 5.68. The molecular formula is C16H27NO. The molecule has 0 aromatic carbocycles. The maximum Gasteiger partial charge on any atom is 0.104 e. The van der Waals surface area contributed by atoms with Crippen LogP contribution in [0.1, 0.15) is 51.7 Å². The molecule has 2 rings (SSSR count). The van der Waals surface area contributed by atoms with Crippen molar-refractivity contribution < 1.29 is 4.42 Å². The van der Waals surface area contributed by atoms with E-state index in [-0.39, 0.29) is 0 Å². The summed E-state index contributed by atoms with van der Waals surface area (Å²) in [6, 6.07) is 4.81. The van der Waals surface area contributed by atoms with E-state index in [1.165, 1.54) is 32.1 Å². The van der Waals surface area contributed by atoms with Crippen LogP contribution >= 0.6 is 0 Å². The zero-order valence-corrected chi connectivity index (χ0v) is 11.8. The van der Waals surface area contributed by atoms with E-state index < -0.39 is 0 Å². The number of hydrogen-bond donors (Lipinski definition) is 1. The highest BCUT2D eigenvalue weighted by molar-refractivity contribution is 5.01. The topological polar surface area (TPSA) is 25.2 Å². The summed E-state index contributed by atoms with van der Waals surface area (Å²) in [6.45, 7) is 5.60. The van der Waals surface area contributed by atoms with Crippen LogP contribution in [-0.2, 0) is 6.42 Å². The fraction of sp³-hybridized carbons (Fsp3) is 0.750. The Hall–Kier alpha value is -0.760. The average molecular weight is 249 g/mol. The normalized spacial score (nSPS) is 28.4. The Morgan fingerprint density at radius 3 is 2.89 bits per heavy atom. The van der Waals surface area contributed by atoms with Gasteiger partial charge in [-0.15, -0.1) is 0 Å². The second kappa shape index (κ2) is 6.98. The van der Waals surface area contributed by atoms with Gasteiger partial charge < -0.3 is 9.73 Å². The van der Waals surface area contributed by atoms with Crippen molar-refractivity contribution >= 4 is 0 Å². The third-order valence-corrected chi connectivity index (χ3v) is 4.30. The van der Waals surface area contributed by atoms with Crippen LogP contribution in [0.25, 0.3) is 0 Å². The molecule has 1 aromatic rings. The van der Waals surface area contributed by atoms with Crippen LogP contribution in [0.4, 0.5) is 0 Å². The van der Waals surface area contributed by atoms with Crippen LogP contribution in [0, 0.1) is 11.8 Å². The van der Waals surface area contributed by atoms with Crippen LogP contribution in [0.2, 0.25) is 0 Å². The van der Waals surface area contributed by atoms with Crippen molar-refractivity contribution in [2.75, 3.05) is 6.54 Å². The highest BCUT2D eigenvalue weighted by atomic mass is 16.3. The standard InChI is InChI=1S/C16H27NO/c1-3-6-13-8-9-16(17-4-2)14(11-13)12-15-7-5-10-18-15/h5,7,10,13-14,16-17H,3-4,6,8-9,11-12H2,1-2H3. The molecule has 0 bridgehead atoms. The smallest absolute Gasteiger partial charge is 0.104 e. The lowest BCUT2D eigenvalue weighted by molar-refractivity contribution is 0.189. The van der Waals surface area contributed by atoms with E-state index in [0.717, 1.165) is 30.6 Å². The molecule has 0 aliphatic heterocycles. The van der Waals surface area contributed by atoms with E-state index in [2.05, 4.69) is 25.2 Å². The number of nitrogens with one attached hydrogen (secondary N) is 1. The first-order valence-electron chi connectivity index (χ1n) is 7.59. The Balaban J connectivity index is 1.95. The first-order valence-corrected chi connectivity index (χ1v) is 7.59. The van der Waals surface area contributed by atoms with Crippen molar-refractivity contribution in [2.24, 2.45) is 11.8 Å². The van der Waals surface area contributed by atoms with Gasteiger partial charge in [0.15, 0.2) is 0 Å². The van der Waals surface area contributed by atoms with Gasteiger partial charge in [0.2, 0.25) is 0 Å². The van der Waals surface area contributed by atoms with Crippen LogP contribution in [0.3, 0.4) is 0 Å². The molecular weight excluding hydrogens is 222 g/mol. The molecule has 102 valence electrons. The molecule has 2 nitrogen and oxygen atoms in total. The SMILES string of the molecule is CCCC1CCC(NCC)C(Cc2ccco2)C1. The lowest BCUT2D eigenvalue weighted by Crippen LogP contribution is -2.41. The van der Waals surface area contributed by atoms with Crippen molar-refractivity contribution in [1.82, 2.24) is 5.32 Å². The highest BCUT2D eigenvalue weighted by Gasteiger charge is 2.30. The zero-order valence-electron chi connectivity index (χ0n) is 11.8. The Kier molecular flexibility index (Phi) is 5.30. The fourth-order valence-electron chi connectivity index (χ4n) is 3.48. The van der Waals surface area contributed by atoms with E-state index in [1.54, 1.807) is 6.26 Å². The largest absolute Gasteiger partial charge is 0.469 e. The summed E-state index contributed by atoms with van der Waals surface area (Å²) < 4.78 is 5.53. The van der Waals surface area contributed by atoms with E-state index >= 15 is 0 Å². The average Bonchev–Trinajstić information content (AvgIpc) is 2.86. The molecule has 1 aliphatic rings. The molecule has 1 N–H and O–H groups in total. The molecule has 1 heterocycles. The third kappa shape index (κ3) is 3.61. The molecule has 0 saturated heterocycles. The van der Waals surface area contributed by atoms with Crippen LogP contribution in [0.5, 0.6) is 0 Å². The first kappa shape index (κ1) is 13.7. The molecule has 3 atom stereocenters. The van der Waals surface area contributed by atoms with Gasteiger partial charge in [-0.25, -0.2) is 0 Å². The van der Waals surface area contributed by atoms with Crippen molar-refractivity contribution in [3.63, 3.8) is 0 Å². The quantitative estimate of drug-likeness (QED) is 0.824. The summed E-state index contributed by atoms with van der Waals surface area (Å²) in [4.78, 5) is 0. The number of hydrogen-bond acceptors (Lipinski definition) is 2. The van der Waals surface area contributed by atoms with Gasteiger partial charge in [-0.3, -0.25) is 0 Å². The van der Waals surface area contributed by atoms with Gasteiger partial charge in [0.05, 0.1) is 6.26 Å². The van der Waals surface area contributed by atoms with Gasteiger partial charge in [-0.05, 0) is 49.8 Å². The Morgan fingerprint density at radius 2 is 2.22 bits per heavy atom. The number of rotatable bonds is 6. The summed E-state index contributed by atoms with van der Waals surface area (Å²) in [5.41, 5.74) is 0. The van der Waals surface area contributed by atoms with Gasteiger partial charge in [-0.1, -0.05) is 26.7 Å². The van der Waals surface area contributed by atoms with E-state index in [9.17, 15) is 0 Å². The van der Waals surface area contributed by atoms with E-state index in [4.69, 9.17) is 4.42 Å². The van der Waals surface area contributed by atoms with Crippen molar-refractivity contribution in [2.45, 2.75) is 58.4 Å². The Morgan fingerprint density at radius 1 is 1.33 bits per heavy atom. The fourth-order valence-corrected chi connectivity index (χ4v) is 3.48. The number of furan rings is 1. The Labute approximate surface area is 111 Å². The summed E-state index contributed by atoms with van der Waals surface area (Å²) >= 11 is 0. The highest BCUT2D eigenvalue weighted by Crippen LogP contribution is 2.34. The van der Waals surface area contributed by atoms with E-state index in [0.29, 0.717) is 6.04 Å². The maximum atomic E-state index is 5.53. The van der Waals surface area contributed by atoms with Gasteiger partial charge in [0, 0.05) is 12.5 Å². The third-order valence-electron chi connectivity index (χ3n) is 4.30. The van der Waals surface area contributed by atoms with Gasteiger partial charge in [0.25, 0.3) is 0 Å². The van der Waals surface area contributed by atoms with Gasteiger partial charge >= 0.3 is 0 Å². The molecule has 0 radical (unpaired) electrons. The first-order chi connectivity index (χ1) is 8.83. The van der Waals surface area contributed by atoms with Crippen LogP contribution in [-0.4, -0.2) is 12.6 Å². The summed E-state index contributed by atoms with van der Waals surface area (Å²) in [5, 5.41) is 3.67.